The predicted octanol–water partition coefficient (Wildman–Crippen LogP) is 14.6. The van der Waals surface area contributed by atoms with Gasteiger partial charge in [0.05, 0.1) is 16.7 Å². The van der Waals surface area contributed by atoms with Crippen LogP contribution in [0, 0.1) is 0 Å². The Bertz CT molecular complexity index is 3170. The molecule has 0 radical (unpaired) electrons. The van der Waals surface area contributed by atoms with Gasteiger partial charge in [0.2, 0.25) is 0 Å². The molecule has 3 heteroatoms. The summed E-state index contributed by atoms with van der Waals surface area (Å²) in [6.07, 6.45) is 0. The van der Waals surface area contributed by atoms with E-state index in [4.69, 9.17) is 4.42 Å². The van der Waals surface area contributed by atoms with E-state index >= 15 is 0 Å². The molecule has 9 aromatic carbocycles. The van der Waals surface area contributed by atoms with Crippen LogP contribution in [0.1, 0.15) is 0 Å². The van der Waals surface area contributed by atoms with E-state index in [0.717, 1.165) is 61.4 Å². The van der Waals surface area contributed by atoms with Gasteiger partial charge >= 0.3 is 0 Å². The van der Waals surface area contributed by atoms with Gasteiger partial charge in [0.25, 0.3) is 0 Å². The molecule has 0 aliphatic heterocycles. The smallest absolute Gasteiger partial charge is 0.136 e. The molecular formula is C52H34N2O. The lowest BCUT2D eigenvalue weighted by atomic mass is 9.98. The maximum atomic E-state index is 6.28. The summed E-state index contributed by atoms with van der Waals surface area (Å²) in [5, 5.41) is 7.20. The van der Waals surface area contributed by atoms with Crippen LogP contribution in [0.5, 0.6) is 0 Å². The molecular weight excluding hydrogens is 669 g/mol. The van der Waals surface area contributed by atoms with Gasteiger partial charge in [0.15, 0.2) is 0 Å². The van der Waals surface area contributed by atoms with Gasteiger partial charge in [-0.15, -0.1) is 0 Å². The van der Waals surface area contributed by atoms with Crippen molar-refractivity contribution in [3.05, 3.63) is 206 Å². The van der Waals surface area contributed by atoms with Crippen LogP contribution in [0.2, 0.25) is 0 Å². The van der Waals surface area contributed by atoms with Crippen LogP contribution in [0.4, 0.5) is 17.1 Å². The van der Waals surface area contributed by atoms with Crippen molar-refractivity contribution in [1.29, 1.82) is 0 Å². The third-order valence-corrected chi connectivity index (χ3v) is 11.0. The van der Waals surface area contributed by atoms with Gasteiger partial charge in [-0.1, -0.05) is 140 Å². The molecule has 0 aliphatic rings. The summed E-state index contributed by atoms with van der Waals surface area (Å²) >= 11 is 0. The summed E-state index contributed by atoms with van der Waals surface area (Å²) in [5.41, 5.74) is 13.3. The Kier molecular flexibility index (Phi) is 7.17. The number of anilines is 3. The molecule has 2 aromatic heterocycles. The Morgan fingerprint density at radius 1 is 0.364 bits per heavy atom. The van der Waals surface area contributed by atoms with Crippen molar-refractivity contribution in [2.75, 3.05) is 4.90 Å². The van der Waals surface area contributed by atoms with Crippen LogP contribution >= 0.6 is 0 Å². The fourth-order valence-corrected chi connectivity index (χ4v) is 8.48. The van der Waals surface area contributed by atoms with E-state index in [1.807, 2.05) is 12.1 Å². The normalized spacial score (nSPS) is 11.6. The fourth-order valence-electron chi connectivity index (χ4n) is 8.48. The molecule has 0 bridgehead atoms. The highest BCUT2D eigenvalue weighted by Gasteiger charge is 2.19. The first-order valence-electron chi connectivity index (χ1n) is 18.8. The van der Waals surface area contributed by atoms with E-state index in [9.17, 15) is 0 Å². The molecule has 0 atom stereocenters. The van der Waals surface area contributed by atoms with Gasteiger partial charge in [0.1, 0.15) is 11.2 Å². The van der Waals surface area contributed by atoms with Crippen LogP contribution in [-0.2, 0) is 0 Å². The second-order valence-corrected chi connectivity index (χ2v) is 14.1. The van der Waals surface area contributed by atoms with Crippen molar-refractivity contribution < 1.29 is 4.42 Å². The quantitative estimate of drug-likeness (QED) is 0.172. The monoisotopic (exact) mass is 702 g/mol. The molecule has 258 valence electrons. The first-order valence-corrected chi connectivity index (χ1v) is 18.8. The number of para-hydroxylation sites is 4. The van der Waals surface area contributed by atoms with Crippen LogP contribution in [0.15, 0.2) is 211 Å². The zero-order valence-corrected chi connectivity index (χ0v) is 29.9. The van der Waals surface area contributed by atoms with Gasteiger partial charge < -0.3 is 13.9 Å². The van der Waals surface area contributed by atoms with Crippen molar-refractivity contribution in [3.63, 3.8) is 0 Å². The zero-order valence-electron chi connectivity index (χ0n) is 29.9. The second-order valence-electron chi connectivity index (χ2n) is 14.1. The highest BCUT2D eigenvalue weighted by Crippen LogP contribution is 2.42. The van der Waals surface area contributed by atoms with Crippen molar-refractivity contribution >= 4 is 71.6 Å². The molecule has 0 spiro atoms. The number of hydrogen-bond acceptors (Lipinski definition) is 2. The van der Waals surface area contributed by atoms with Crippen molar-refractivity contribution in [3.8, 4) is 27.9 Å². The minimum atomic E-state index is 0.896. The third kappa shape index (κ3) is 5.13. The first kappa shape index (κ1) is 31.2. The van der Waals surface area contributed by atoms with E-state index in [1.54, 1.807) is 0 Å². The lowest BCUT2D eigenvalue weighted by Gasteiger charge is -2.27. The number of benzene rings is 9. The van der Waals surface area contributed by atoms with E-state index in [0.29, 0.717) is 0 Å². The number of rotatable bonds is 6. The number of furan rings is 1. The molecule has 0 saturated heterocycles. The largest absolute Gasteiger partial charge is 0.456 e. The molecule has 0 fully saturated rings. The van der Waals surface area contributed by atoms with Gasteiger partial charge in [-0.2, -0.15) is 0 Å². The number of nitrogens with zero attached hydrogens (tertiary/aromatic N) is 2. The molecule has 55 heavy (non-hydrogen) atoms. The van der Waals surface area contributed by atoms with Gasteiger partial charge in [-0.3, -0.25) is 0 Å². The number of hydrogen-bond donors (Lipinski definition) is 0. The van der Waals surface area contributed by atoms with E-state index in [-0.39, 0.29) is 0 Å². The molecule has 0 N–H and O–H groups in total. The topological polar surface area (TPSA) is 21.3 Å². The third-order valence-electron chi connectivity index (χ3n) is 11.0. The summed E-state index contributed by atoms with van der Waals surface area (Å²) < 4.78 is 8.69. The summed E-state index contributed by atoms with van der Waals surface area (Å²) in [7, 11) is 0. The zero-order chi connectivity index (χ0) is 36.3. The minimum absolute atomic E-state index is 0.896. The van der Waals surface area contributed by atoms with Crippen molar-refractivity contribution in [1.82, 2.24) is 4.57 Å². The van der Waals surface area contributed by atoms with E-state index in [1.165, 1.54) is 38.1 Å². The highest BCUT2D eigenvalue weighted by atomic mass is 16.3. The number of aromatic nitrogens is 1. The molecule has 0 amide bonds. The van der Waals surface area contributed by atoms with Crippen LogP contribution in [0.3, 0.4) is 0 Å². The Morgan fingerprint density at radius 2 is 0.964 bits per heavy atom. The molecule has 0 aliphatic carbocycles. The standard InChI is InChI=1S/C52H34N2O/c1-2-14-37-33-41(32-27-35(37)13-1)53(40-16-11-15-38(34-40)43-21-12-26-51-52(43)46-20-6-10-25-50(46)55-51)39-30-28-36(29-31-39)42-17-3-7-22-47(42)54-48-23-8-4-18-44(48)45-19-5-9-24-49(45)54/h1-34H. The highest BCUT2D eigenvalue weighted by molar-refractivity contribution is 6.13. The summed E-state index contributed by atoms with van der Waals surface area (Å²) in [6, 6.07) is 74.0. The second kappa shape index (κ2) is 12.6. The van der Waals surface area contributed by atoms with E-state index < -0.39 is 0 Å². The Hall–Kier alpha value is -7.36. The SMILES string of the molecule is c1cc(-c2cccc3oc4ccccc4c23)cc(N(c2ccc(-c3ccccc3-n3c4ccccc4c4ccccc43)cc2)c2ccc3ccccc3c2)c1. The lowest BCUT2D eigenvalue weighted by molar-refractivity contribution is 0.669. The van der Waals surface area contributed by atoms with Gasteiger partial charge in [-0.05, 0) is 94.2 Å². The van der Waals surface area contributed by atoms with Crippen molar-refractivity contribution in [2.45, 2.75) is 0 Å². The Labute approximate surface area is 318 Å². The Morgan fingerprint density at radius 3 is 1.78 bits per heavy atom. The first-order chi connectivity index (χ1) is 27.3. The predicted molar refractivity (Wildman–Crippen MR) is 231 cm³/mol. The molecule has 11 rings (SSSR count). The van der Waals surface area contributed by atoms with Gasteiger partial charge in [0, 0.05) is 44.2 Å². The number of fused-ring (bicyclic) bond motifs is 7. The maximum absolute atomic E-state index is 6.28. The molecule has 0 saturated carbocycles. The van der Waals surface area contributed by atoms with E-state index in [2.05, 4.69) is 204 Å². The average molecular weight is 703 g/mol. The molecule has 3 nitrogen and oxygen atoms in total. The summed E-state index contributed by atoms with van der Waals surface area (Å²) in [5.74, 6) is 0. The van der Waals surface area contributed by atoms with Crippen molar-refractivity contribution in [2.24, 2.45) is 0 Å². The fraction of sp³-hybridized carbons (Fsp3) is 0. The summed E-state index contributed by atoms with van der Waals surface area (Å²) in [6.45, 7) is 0. The minimum Gasteiger partial charge on any atom is -0.456 e. The lowest BCUT2D eigenvalue weighted by Crippen LogP contribution is -2.10. The van der Waals surface area contributed by atoms with Crippen LogP contribution in [0.25, 0.3) is 82.5 Å². The van der Waals surface area contributed by atoms with Crippen LogP contribution < -0.4 is 4.90 Å². The molecule has 11 aromatic rings. The Balaban J connectivity index is 1.06. The average Bonchev–Trinajstić information content (AvgIpc) is 3.80. The maximum Gasteiger partial charge on any atom is 0.136 e. The molecule has 2 heterocycles. The summed E-state index contributed by atoms with van der Waals surface area (Å²) in [4.78, 5) is 2.37. The van der Waals surface area contributed by atoms with Gasteiger partial charge in [-0.25, -0.2) is 0 Å². The van der Waals surface area contributed by atoms with Crippen LogP contribution in [-0.4, -0.2) is 4.57 Å². The molecule has 0 unspecified atom stereocenters.